The van der Waals surface area contributed by atoms with Gasteiger partial charge in [0.05, 0.1) is 25.4 Å². The number of nitrogens with zero attached hydrogens (tertiary/aromatic N) is 2. The van der Waals surface area contributed by atoms with Crippen LogP contribution in [0.4, 0.5) is 5.69 Å². The zero-order valence-electron chi connectivity index (χ0n) is 18.0. The van der Waals surface area contributed by atoms with E-state index in [2.05, 4.69) is 10.3 Å². The SMILES string of the molecule is COc1ccc(CNC(=O)[C@@H](c2cccs2)N(C(=O)Cc2cccs2)c2cccnc2)cc1. The van der Waals surface area contributed by atoms with Crippen molar-refractivity contribution in [3.8, 4) is 5.75 Å². The van der Waals surface area contributed by atoms with Gasteiger partial charge in [0.2, 0.25) is 11.8 Å². The third kappa shape index (κ3) is 5.66. The maximum absolute atomic E-state index is 13.5. The average molecular weight is 478 g/mol. The minimum Gasteiger partial charge on any atom is -0.497 e. The summed E-state index contributed by atoms with van der Waals surface area (Å²) in [5.41, 5.74) is 1.52. The molecule has 0 fully saturated rings. The lowest BCUT2D eigenvalue weighted by atomic mass is 10.1. The van der Waals surface area contributed by atoms with Gasteiger partial charge in [-0.2, -0.15) is 0 Å². The quantitative estimate of drug-likeness (QED) is 0.374. The zero-order valence-corrected chi connectivity index (χ0v) is 19.6. The monoisotopic (exact) mass is 477 g/mol. The Bertz CT molecular complexity index is 1160. The summed E-state index contributed by atoms with van der Waals surface area (Å²) in [4.78, 5) is 34.5. The van der Waals surface area contributed by atoms with Crippen LogP contribution in [0.5, 0.6) is 5.75 Å². The molecule has 4 aromatic rings. The molecule has 0 radical (unpaired) electrons. The predicted octanol–water partition coefficient (Wildman–Crippen LogP) is 4.85. The molecule has 0 saturated carbocycles. The predicted molar refractivity (Wildman–Crippen MR) is 132 cm³/mol. The molecule has 3 heterocycles. The number of ether oxygens (including phenoxy) is 1. The van der Waals surface area contributed by atoms with Crippen molar-refractivity contribution in [2.75, 3.05) is 12.0 Å². The first kappa shape index (κ1) is 22.7. The molecule has 0 aliphatic carbocycles. The summed E-state index contributed by atoms with van der Waals surface area (Å²) < 4.78 is 5.20. The van der Waals surface area contributed by atoms with Crippen LogP contribution in [-0.4, -0.2) is 23.9 Å². The van der Waals surface area contributed by atoms with Crippen LogP contribution in [0.15, 0.2) is 83.8 Å². The number of carbonyl (C=O) groups excluding carboxylic acids is 2. The largest absolute Gasteiger partial charge is 0.497 e. The molecule has 1 aromatic carbocycles. The first-order valence-corrected chi connectivity index (χ1v) is 12.1. The standard InChI is InChI=1S/C25H23N3O3S2/c1-31-20-10-8-18(9-11-20)16-27-25(30)24(22-7-4-14-33-22)28(19-5-2-12-26-17-19)23(29)15-21-6-3-13-32-21/h2-14,17,24H,15-16H2,1H3,(H,27,30)/t24-/m1/s1. The summed E-state index contributed by atoms with van der Waals surface area (Å²) in [6.45, 7) is 0.338. The van der Waals surface area contributed by atoms with Crippen LogP contribution in [0.1, 0.15) is 21.4 Å². The third-order valence-corrected chi connectivity index (χ3v) is 6.84. The number of hydrogen-bond acceptors (Lipinski definition) is 6. The van der Waals surface area contributed by atoms with Gasteiger partial charge in [0.1, 0.15) is 11.8 Å². The molecule has 3 aromatic heterocycles. The Balaban J connectivity index is 1.63. The van der Waals surface area contributed by atoms with Gasteiger partial charge in [0.25, 0.3) is 0 Å². The maximum Gasteiger partial charge on any atom is 0.248 e. The Morgan fingerprint density at radius 3 is 2.45 bits per heavy atom. The minimum absolute atomic E-state index is 0.163. The summed E-state index contributed by atoms with van der Waals surface area (Å²) >= 11 is 2.97. The Morgan fingerprint density at radius 1 is 1.03 bits per heavy atom. The summed E-state index contributed by atoms with van der Waals surface area (Å²) in [5, 5.41) is 6.85. The summed E-state index contributed by atoms with van der Waals surface area (Å²) in [6.07, 6.45) is 3.47. The van der Waals surface area contributed by atoms with E-state index in [1.807, 2.05) is 59.3 Å². The molecule has 1 atom stereocenters. The number of benzene rings is 1. The molecule has 0 unspecified atom stereocenters. The average Bonchev–Trinajstić information content (AvgIpc) is 3.56. The minimum atomic E-state index is -0.806. The Morgan fingerprint density at radius 2 is 1.82 bits per heavy atom. The molecule has 0 saturated heterocycles. The first-order valence-electron chi connectivity index (χ1n) is 10.3. The van der Waals surface area contributed by atoms with Gasteiger partial charge in [0.15, 0.2) is 0 Å². The number of thiophene rings is 2. The lowest BCUT2D eigenvalue weighted by Crippen LogP contribution is -2.44. The van der Waals surface area contributed by atoms with E-state index in [1.165, 1.54) is 22.7 Å². The lowest BCUT2D eigenvalue weighted by Gasteiger charge is -2.30. The number of pyridine rings is 1. The second-order valence-corrected chi connectivity index (χ2v) is 9.23. The maximum atomic E-state index is 13.5. The molecule has 2 amide bonds. The fraction of sp³-hybridized carbons (Fsp3) is 0.160. The first-order chi connectivity index (χ1) is 16.2. The molecule has 1 N–H and O–H groups in total. The van der Waals surface area contributed by atoms with Gasteiger partial charge in [-0.1, -0.05) is 24.3 Å². The summed E-state index contributed by atoms with van der Waals surface area (Å²) in [5.74, 6) is 0.337. The molecule has 0 aliphatic rings. The van der Waals surface area contributed by atoms with E-state index in [1.54, 1.807) is 36.5 Å². The number of rotatable bonds is 9. The molecule has 168 valence electrons. The van der Waals surface area contributed by atoms with Crippen LogP contribution >= 0.6 is 22.7 Å². The Kier molecular flexibility index (Phi) is 7.49. The van der Waals surface area contributed by atoms with Crippen LogP contribution in [0.25, 0.3) is 0 Å². The number of aromatic nitrogens is 1. The van der Waals surface area contributed by atoms with Crippen molar-refractivity contribution >= 4 is 40.2 Å². The van der Waals surface area contributed by atoms with E-state index in [0.717, 1.165) is 21.1 Å². The van der Waals surface area contributed by atoms with Crippen LogP contribution < -0.4 is 15.0 Å². The molecule has 0 spiro atoms. The molecular weight excluding hydrogens is 454 g/mol. The van der Waals surface area contributed by atoms with E-state index in [9.17, 15) is 9.59 Å². The van der Waals surface area contributed by atoms with Gasteiger partial charge < -0.3 is 10.1 Å². The smallest absolute Gasteiger partial charge is 0.248 e. The van der Waals surface area contributed by atoms with Crippen molar-refractivity contribution in [2.45, 2.75) is 19.0 Å². The van der Waals surface area contributed by atoms with Gasteiger partial charge in [-0.15, -0.1) is 22.7 Å². The van der Waals surface area contributed by atoms with E-state index in [4.69, 9.17) is 4.74 Å². The van der Waals surface area contributed by atoms with Crippen LogP contribution in [0, 0.1) is 0 Å². The normalized spacial score (nSPS) is 11.5. The molecule has 8 heteroatoms. The third-order valence-electron chi connectivity index (χ3n) is 5.04. The van der Waals surface area contributed by atoms with Crippen LogP contribution in [0.2, 0.25) is 0 Å². The molecule has 0 bridgehead atoms. The van der Waals surface area contributed by atoms with Crippen LogP contribution in [-0.2, 0) is 22.6 Å². The summed E-state index contributed by atoms with van der Waals surface area (Å²) in [7, 11) is 1.61. The molecular formula is C25H23N3O3S2. The number of amides is 2. The zero-order chi connectivity index (χ0) is 23.0. The number of methoxy groups -OCH3 is 1. The lowest BCUT2D eigenvalue weighted by molar-refractivity contribution is -0.126. The highest BCUT2D eigenvalue weighted by atomic mass is 32.1. The topological polar surface area (TPSA) is 71.5 Å². The second kappa shape index (κ2) is 10.9. The molecule has 33 heavy (non-hydrogen) atoms. The van der Waals surface area contributed by atoms with Crippen molar-refractivity contribution in [1.82, 2.24) is 10.3 Å². The van der Waals surface area contributed by atoms with Crippen molar-refractivity contribution in [1.29, 1.82) is 0 Å². The highest BCUT2D eigenvalue weighted by molar-refractivity contribution is 7.10. The number of carbonyl (C=O) groups is 2. The van der Waals surface area contributed by atoms with Crippen LogP contribution in [0.3, 0.4) is 0 Å². The number of hydrogen-bond donors (Lipinski definition) is 1. The second-order valence-electron chi connectivity index (χ2n) is 7.21. The van der Waals surface area contributed by atoms with E-state index < -0.39 is 6.04 Å². The fourth-order valence-electron chi connectivity index (χ4n) is 3.43. The van der Waals surface area contributed by atoms with Crippen molar-refractivity contribution in [2.24, 2.45) is 0 Å². The van der Waals surface area contributed by atoms with Gasteiger partial charge >= 0.3 is 0 Å². The fourth-order valence-corrected chi connectivity index (χ4v) is 4.94. The Hall–Kier alpha value is -3.49. The van der Waals surface area contributed by atoms with Crippen molar-refractivity contribution < 1.29 is 14.3 Å². The van der Waals surface area contributed by atoms with Gasteiger partial charge in [0, 0.05) is 22.5 Å². The van der Waals surface area contributed by atoms with Gasteiger partial charge in [-0.25, -0.2) is 0 Å². The highest BCUT2D eigenvalue weighted by Crippen LogP contribution is 2.31. The molecule has 4 rings (SSSR count). The number of anilines is 1. The van der Waals surface area contributed by atoms with Crippen molar-refractivity contribution in [3.63, 3.8) is 0 Å². The Labute approximate surface area is 200 Å². The molecule has 0 aliphatic heterocycles. The number of nitrogens with one attached hydrogen (secondary N) is 1. The summed E-state index contributed by atoms with van der Waals surface area (Å²) in [6, 6.07) is 17.9. The van der Waals surface area contributed by atoms with Gasteiger partial charge in [-0.3, -0.25) is 19.5 Å². The van der Waals surface area contributed by atoms with E-state index >= 15 is 0 Å². The van der Waals surface area contributed by atoms with E-state index in [-0.39, 0.29) is 18.2 Å². The molecule has 6 nitrogen and oxygen atoms in total. The highest BCUT2D eigenvalue weighted by Gasteiger charge is 2.33. The van der Waals surface area contributed by atoms with Crippen molar-refractivity contribution in [3.05, 3.63) is 99.1 Å². The van der Waals surface area contributed by atoms with E-state index in [0.29, 0.717) is 12.2 Å². The van der Waals surface area contributed by atoms with Gasteiger partial charge in [-0.05, 0) is 52.7 Å².